The van der Waals surface area contributed by atoms with Crippen molar-refractivity contribution in [3.63, 3.8) is 0 Å². The summed E-state index contributed by atoms with van der Waals surface area (Å²) in [6.07, 6.45) is -2.56. The SMILES string of the molecule is CN(Cc1cccc([N+](=O)[O-])c1C(=O)O)CC(F)F. The van der Waals surface area contributed by atoms with Crippen LogP contribution in [0.15, 0.2) is 18.2 Å². The first kappa shape index (κ1) is 15.0. The normalized spacial score (nSPS) is 11.0. The van der Waals surface area contributed by atoms with Crippen LogP contribution >= 0.6 is 0 Å². The largest absolute Gasteiger partial charge is 0.477 e. The third kappa shape index (κ3) is 3.95. The van der Waals surface area contributed by atoms with Gasteiger partial charge >= 0.3 is 5.97 Å². The predicted octanol–water partition coefficient (Wildman–Crippen LogP) is 1.99. The van der Waals surface area contributed by atoms with E-state index in [0.29, 0.717) is 0 Å². The van der Waals surface area contributed by atoms with Crippen LogP contribution in [0.4, 0.5) is 14.5 Å². The van der Waals surface area contributed by atoms with E-state index >= 15 is 0 Å². The molecule has 6 nitrogen and oxygen atoms in total. The number of nitro benzene ring substituents is 1. The number of nitrogens with zero attached hydrogens (tertiary/aromatic N) is 2. The molecule has 0 aliphatic carbocycles. The maximum atomic E-state index is 12.2. The lowest BCUT2D eigenvalue weighted by Gasteiger charge is -2.17. The summed E-state index contributed by atoms with van der Waals surface area (Å²) in [4.78, 5) is 22.2. The molecule has 0 aromatic heterocycles. The summed E-state index contributed by atoms with van der Waals surface area (Å²) in [5.74, 6) is -1.45. The van der Waals surface area contributed by atoms with E-state index in [9.17, 15) is 23.7 Å². The zero-order valence-corrected chi connectivity index (χ0v) is 10.0. The van der Waals surface area contributed by atoms with Crippen molar-refractivity contribution in [2.45, 2.75) is 13.0 Å². The van der Waals surface area contributed by atoms with E-state index in [0.717, 1.165) is 6.07 Å². The molecule has 0 radical (unpaired) electrons. The summed E-state index contributed by atoms with van der Waals surface area (Å²) < 4.78 is 24.4. The van der Waals surface area contributed by atoms with Crippen molar-refractivity contribution in [2.24, 2.45) is 0 Å². The van der Waals surface area contributed by atoms with Gasteiger partial charge in [-0.1, -0.05) is 12.1 Å². The molecule has 8 heteroatoms. The average Bonchev–Trinajstić information content (AvgIpc) is 2.26. The van der Waals surface area contributed by atoms with Gasteiger partial charge in [0.2, 0.25) is 0 Å². The first-order valence-electron chi connectivity index (χ1n) is 5.29. The molecule has 1 N–H and O–H groups in total. The molecule has 0 fully saturated rings. The molecular weight excluding hydrogens is 262 g/mol. The summed E-state index contributed by atoms with van der Waals surface area (Å²) in [5.41, 5.74) is -0.881. The highest BCUT2D eigenvalue weighted by Crippen LogP contribution is 2.23. The molecule has 0 saturated carbocycles. The van der Waals surface area contributed by atoms with Crippen molar-refractivity contribution >= 4 is 11.7 Å². The fourth-order valence-electron chi connectivity index (χ4n) is 1.71. The summed E-state index contributed by atoms with van der Waals surface area (Å²) >= 11 is 0. The van der Waals surface area contributed by atoms with Crippen molar-refractivity contribution in [1.29, 1.82) is 0 Å². The number of benzene rings is 1. The topological polar surface area (TPSA) is 83.7 Å². The Morgan fingerprint density at radius 1 is 1.53 bits per heavy atom. The molecule has 19 heavy (non-hydrogen) atoms. The van der Waals surface area contributed by atoms with Crippen molar-refractivity contribution in [3.8, 4) is 0 Å². The van der Waals surface area contributed by atoms with E-state index in [4.69, 9.17) is 5.11 Å². The van der Waals surface area contributed by atoms with E-state index in [2.05, 4.69) is 0 Å². The highest BCUT2D eigenvalue weighted by molar-refractivity contribution is 5.94. The van der Waals surface area contributed by atoms with Gasteiger partial charge in [0.15, 0.2) is 0 Å². The van der Waals surface area contributed by atoms with Crippen molar-refractivity contribution in [2.75, 3.05) is 13.6 Å². The Morgan fingerprint density at radius 2 is 2.16 bits per heavy atom. The van der Waals surface area contributed by atoms with Gasteiger partial charge in [0.05, 0.1) is 11.5 Å². The summed E-state index contributed by atoms with van der Waals surface area (Å²) in [7, 11) is 1.39. The number of carboxylic acid groups (broad SMARTS) is 1. The standard InChI is InChI=1S/C11H12F2N2O4/c1-14(6-9(12)13)5-7-3-2-4-8(15(18)19)10(7)11(16)17/h2-4,9H,5-6H2,1H3,(H,16,17). The number of nitro groups is 1. The van der Waals surface area contributed by atoms with E-state index in [1.165, 1.54) is 24.1 Å². The van der Waals surface area contributed by atoms with Gasteiger partial charge < -0.3 is 5.11 Å². The molecule has 0 bridgehead atoms. The average molecular weight is 274 g/mol. The minimum Gasteiger partial charge on any atom is -0.477 e. The molecule has 0 aliphatic rings. The molecule has 0 saturated heterocycles. The Bertz CT molecular complexity index is 494. The number of hydrogen-bond donors (Lipinski definition) is 1. The fraction of sp³-hybridized carbons (Fsp3) is 0.364. The Kier molecular flexibility index (Phi) is 4.87. The van der Waals surface area contributed by atoms with E-state index in [1.807, 2.05) is 0 Å². The first-order chi connectivity index (χ1) is 8.82. The number of halogens is 2. The molecule has 0 atom stereocenters. The maximum absolute atomic E-state index is 12.2. The lowest BCUT2D eigenvalue weighted by molar-refractivity contribution is -0.385. The van der Waals surface area contributed by atoms with Crippen LogP contribution in [0.3, 0.4) is 0 Å². The van der Waals surface area contributed by atoms with Gasteiger partial charge in [-0.15, -0.1) is 0 Å². The zero-order chi connectivity index (χ0) is 14.6. The third-order valence-corrected chi connectivity index (χ3v) is 2.43. The monoisotopic (exact) mass is 274 g/mol. The highest BCUT2D eigenvalue weighted by atomic mass is 19.3. The van der Waals surface area contributed by atoms with Crippen LogP contribution in [0, 0.1) is 10.1 Å². The second-order valence-corrected chi connectivity index (χ2v) is 3.96. The van der Waals surface area contributed by atoms with Crippen LogP contribution in [-0.2, 0) is 6.54 Å². The zero-order valence-electron chi connectivity index (χ0n) is 10.0. The van der Waals surface area contributed by atoms with Gasteiger partial charge in [0.1, 0.15) is 5.56 Å². The van der Waals surface area contributed by atoms with Crippen molar-refractivity contribution < 1.29 is 23.6 Å². The van der Waals surface area contributed by atoms with Gasteiger partial charge in [-0.2, -0.15) is 0 Å². The molecule has 0 heterocycles. The van der Waals surface area contributed by atoms with Gasteiger partial charge in [0, 0.05) is 12.6 Å². The minimum absolute atomic E-state index is 0.104. The summed E-state index contributed by atoms with van der Waals surface area (Å²) in [5, 5.41) is 19.8. The third-order valence-electron chi connectivity index (χ3n) is 2.43. The molecule has 1 rings (SSSR count). The predicted molar refractivity (Wildman–Crippen MR) is 62.4 cm³/mol. The second-order valence-electron chi connectivity index (χ2n) is 3.96. The molecule has 1 aromatic rings. The summed E-state index contributed by atoms with van der Waals surface area (Å²) in [6, 6.07) is 3.77. The lowest BCUT2D eigenvalue weighted by atomic mass is 10.0. The van der Waals surface area contributed by atoms with Crippen LogP contribution in [0.1, 0.15) is 15.9 Å². The Labute approximate surface area is 107 Å². The number of rotatable bonds is 6. The lowest BCUT2D eigenvalue weighted by Crippen LogP contribution is -2.25. The Morgan fingerprint density at radius 3 is 2.63 bits per heavy atom. The smallest absolute Gasteiger partial charge is 0.343 e. The molecule has 0 unspecified atom stereocenters. The number of alkyl halides is 2. The number of aromatic carboxylic acids is 1. The van der Waals surface area contributed by atoms with Crippen molar-refractivity contribution in [1.82, 2.24) is 4.90 Å². The van der Waals surface area contributed by atoms with Crippen molar-refractivity contribution in [3.05, 3.63) is 39.4 Å². The molecule has 1 aromatic carbocycles. The Balaban J connectivity index is 3.10. The number of carboxylic acids is 1. The van der Waals surface area contributed by atoms with E-state index in [-0.39, 0.29) is 12.1 Å². The molecule has 0 spiro atoms. The van der Waals surface area contributed by atoms with Gasteiger partial charge in [-0.25, -0.2) is 13.6 Å². The minimum atomic E-state index is -2.56. The van der Waals surface area contributed by atoms with E-state index < -0.39 is 35.1 Å². The van der Waals surface area contributed by atoms with Crippen LogP contribution < -0.4 is 0 Å². The summed E-state index contributed by atoms with van der Waals surface area (Å²) in [6.45, 7) is -0.643. The van der Waals surface area contributed by atoms with Gasteiger partial charge in [0.25, 0.3) is 12.1 Å². The van der Waals surface area contributed by atoms with Gasteiger partial charge in [-0.05, 0) is 12.6 Å². The van der Waals surface area contributed by atoms with Gasteiger partial charge in [-0.3, -0.25) is 15.0 Å². The maximum Gasteiger partial charge on any atom is 0.343 e. The van der Waals surface area contributed by atoms with Crippen LogP contribution in [0.2, 0.25) is 0 Å². The second kappa shape index (κ2) is 6.19. The first-order valence-corrected chi connectivity index (χ1v) is 5.29. The number of hydrogen-bond acceptors (Lipinski definition) is 4. The fourth-order valence-corrected chi connectivity index (χ4v) is 1.71. The van der Waals surface area contributed by atoms with E-state index in [1.54, 1.807) is 0 Å². The quantitative estimate of drug-likeness (QED) is 0.633. The molecule has 0 aliphatic heterocycles. The number of carbonyl (C=O) groups is 1. The van der Waals surface area contributed by atoms with Crippen LogP contribution in [-0.4, -0.2) is 40.9 Å². The molecule has 104 valence electrons. The molecule has 0 amide bonds. The Hall–Kier alpha value is -2.09. The molecular formula is C11H12F2N2O4. The van der Waals surface area contributed by atoms with Crippen LogP contribution in [0.5, 0.6) is 0 Å². The van der Waals surface area contributed by atoms with Crippen LogP contribution in [0.25, 0.3) is 0 Å². The highest BCUT2D eigenvalue weighted by Gasteiger charge is 2.24.